The Hall–Kier alpha value is -3.98. The average molecular weight is 488 g/mol. The number of nitrogens with zero attached hydrogens (tertiary/aromatic N) is 3. The SMILES string of the molecule is O=C(Nc1cccc(-c2nnc3n2CCCCC3)c1)c1ccc(S(=O)(=O)Nc2ccccc2)cc1. The summed E-state index contributed by atoms with van der Waals surface area (Å²) < 4.78 is 29.9. The zero-order chi connectivity index (χ0) is 24.3. The van der Waals surface area contributed by atoms with Crippen LogP contribution in [0.5, 0.6) is 0 Å². The number of para-hydroxylation sites is 1. The predicted molar refractivity (Wildman–Crippen MR) is 135 cm³/mol. The second kappa shape index (κ2) is 9.71. The molecule has 0 aliphatic carbocycles. The highest BCUT2D eigenvalue weighted by Crippen LogP contribution is 2.25. The van der Waals surface area contributed by atoms with Crippen LogP contribution >= 0.6 is 0 Å². The Balaban J connectivity index is 1.30. The topological polar surface area (TPSA) is 106 Å². The van der Waals surface area contributed by atoms with Gasteiger partial charge < -0.3 is 9.88 Å². The van der Waals surface area contributed by atoms with Gasteiger partial charge in [0.05, 0.1) is 4.90 Å². The van der Waals surface area contributed by atoms with Crippen LogP contribution in [0.3, 0.4) is 0 Å². The lowest BCUT2D eigenvalue weighted by Crippen LogP contribution is -2.15. The van der Waals surface area contributed by atoms with Crippen molar-refractivity contribution < 1.29 is 13.2 Å². The molecule has 3 aromatic carbocycles. The minimum absolute atomic E-state index is 0.0763. The van der Waals surface area contributed by atoms with Crippen molar-refractivity contribution in [3.63, 3.8) is 0 Å². The number of amides is 1. The molecule has 1 aliphatic heterocycles. The first kappa shape index (κ1) is 22.8. The van der Waals surface area contributed by atoms with Gasteiger partial charge in [0.1, 0.15) is 5.82 Å². The molecule has 8 nitrogen and oxygen atoms in total. The predicted octanol–water partition coefficient (Wildman–Crippen LogP) is 4.72. The summed E-state index contributed by atoms with van der Waals surface area (Å²) in [5.41, 5.74) is 2.34. The van der Waals surface area contributed by atoms with E-state index >= 15 is 0 Å². The second-order valence-electron chi connectivity index (χ2n) is 8.43. The van der Waals surface area contributed by atoms with E-state index in [0.29, 0.717) is 16.9 Å². The molecular formula is C26H25N5O3S. The molecule has 178 valence electrons. The first-order valence-corrected chi connectivity index (χ1v) is 13.0. The van der Waals surface area contributed by atoms with Gasteiger partial charge in [0.2, 0.25) is 0 Å². The van der Waals surface area contributed by atoms with Crippen LogP contribution in [0.1, 0.15) is 35.4 Å². The van der Waals surface area contributed by atoms with Crippen LogP contribution in [0.4, 0.5) is 11.4 Å². The lowest BCUT2D eigenvalue weighted by atomic mass is 10.1. The Bertz CT molecular complexity index is 1450. The first-order chi connectivity index (χ1) is 17.0. The fourth-order valence-corrected chi connectivity index (χ4v) is 5.20. The number of aromatic nitrogens is 3. The van der Waals surface area contributed by atoms with Crippen molar-refractivity contribution in [2.75, 3.05) is 10.0 Å². The molecule has 0 unspecified atom stereocenters. The summed E-state index contributed by atoms with van der Waals surface area (Å²) in [5.74, 6) is 1.48. The number of fused-ring (bicyclic) bond motifs is 1. The van der Waals surface area contributed by atoms with E-state index in [4.69, 9.17) is 0 Å². The molecule has 0 saturated carbocycles. The number of nitrogens with one attached hydrogen (secondary N) is 2. The number of hydrogen-bond acceptors (Lipinski definition) is 5. The minimum Gasteiger partial charge on any atom is -0.322 e. The van der Waals surface area contributed by atoms with Gasteiger partial charge in [0, 0.05) is 35.5 Å². The van der Waals surface area contributed by atoms with Crippen LogP contribution in [-0.2, 0) is 23.0 Å². The van der Waals surface area contributed by atoms with E-state index in [2.05, 4.69) is 24.8 Å². The number of carbonyl (C=O) groups is 1. The molecule has 0 bridgehead atoms. The fraction of sp³-hybridized carbons (Fsp3) is 0.192. The zero-order valence-corrected chi connectivity index (χ0v) is 19.8. The number of rotatable bonds is 6. The summed E-state index contributed by atoms with van der Waals surface area (Å²) in [4.78, 5) is 12.9. The number of anilines is 2. The molecule has 5 rings (SSSR count). The Morgan fingerprint density at radius 3 is 2.40 bits per heavy atom. The highest BCUT2D eigenvalue weighted by atomic mass is 32.2. The van der Waals surface area contributed by atoms with Gasteiger partial charge in [-0.3, -0.25) is 9.52 Å². The van der Waals surface area contributed by atoms with Crippen molar-refractivity contribution in [1.29, 1.82) is 0 Å². The van der Waals surface area contributed by atoms with Gasteiger partial charge in [0.15, 0.2) is 5.82 Å². The van der Waals surface area contributed by atoms with Gasteiger partial charge in [-0.05, 0) is 61.4 Å². The van der Waals surface area contributed by atoms with E-state index in [1.807, 2.05) is 30.3 Å². The molecule has 2 N–H and O–H groups in total. The van der Waals surface area contributed by atoms with Crippen molar-refractivity contribution in [2.45, 2.75) is 37.1 Å². The largest absolute Gasteiger partial charge is 0.322 e. The number of carbonyl (C=O) groups excluding carboxylic acids is 1. The molecule has 1 aliphatic rings. The van der Waals surface area contributed by atoms with E-state index in [1.54, 1.807) is 24.3 Å². The molecule has 0 atom stereocenters. The molecule has 0 radical (unpaired) electrons. The van der Waals surface area contributed by atoms with Crippen LogP contribution < -0.4 is 10.0 Å². The van der Waals surface area contributed by atoms with Crippen molar-refractivity contribution in [3.05, 3.63) is 90.3 Å². The monoisotopic (exact) mass is 487 g/mol. The summed E-state index contributed by atoms with van der Waals surface area (Å²) in [7, 11) is -3.75. The van der Waals surface area contributed by atoms with Gasteiger partial charge in [-0.2, -0.15) is 0 Å². The molecule has 9 heteroatoms. The smallest absolute Gasteiger partial charge is 0.261 e. The van der Waals surface area contributed by atoms with Crippen LogP contribution in [0, 0.1) is 0 Å². The molecule has 0 spiro atoms. The van der Waals surface area contributed by atoms with Gasteiger partial charge >= 0.3 is 0 Å². The summed E-state index contributed by atoms with van der Waals surface area (Å²) in [6.45, 7) is 0.892. The maximum Gasteiger partial charge on any atom is 0.261 e. The molecule has 1 amide bonds. The average Bonchev–Trinajstić information content (AvgIpc) is 3.13. The van der Waals surface area contributed by atoms with Gasteiger partial charge in [-0.1, -0.05) is 36.8 Å². The number of aryl methyl sites for hydroxylation is 1. The quantitative estimate of drug-likeness (QED) is 0.409. The maximum absolute atomic E-state index is 12.8. The standard InChI is InChI=1S/C26H25N5O3S/c32-26(19-13-15-23(16-14-19)35(33,34)30-21-9-3-1-4-10-21)27-22-11-7-8-20(18-22)25-29-28-24-12-5-2-6-17-31(24)25/h1,3-4,7-11,13-16,18,30H,2,5-6,12,17H2,(H,27,32). The highest BCUT2D eigenvalue weighted by Gasteiger charge is 2.18. The van der Waals surface area contributed by atoms with Crippen LogP contribution in [0.25, 0.3) is 11.4 Å². The van der Waals surface area contributed by atoms with Gasteiger partial charge in [0.25, 0.3) is 15.9 Å². The summed E-state index contributed by atoms with van der Waals surface area (Å²) in [6.07, 6.45) is 4.33. The van der Waals surface area contributed by atoms with Gasteiger partial charge in [-0.15, -0.1) is 10.2 Å². The molecule has 4 aromatic rings. The lowest BCUT2D eigenvalue weighted by molar-refractivity contribution is 0.102. The third-order valence-corrected chi connectivity index (χ3v) is 7.34. The Morgan fingerprint density at radius 2 is 1.60 bits per heavy atom. The molecule has 1 aromatic heterocycles. The highest BCUT2D eigenvalue weighted by molar-refractivity contribution is 7.92. The maximum atomic E-state index is 12.8. The number of hydrogen-bond donors (Lipinski definition) is 2. The summed E-state index contributed by atoms with van der Waals surface area (Å²) in [5, 5.41) is 11.6. The summed E-state index contributed by atoms with van der Waals surface area (Å²) >= 11 is 0. The van der Waals surface area contributed by atoms with E-state index in [1.165, 1.54) is 30.7 Å². The second-order valence-corrected chi connectivity index (χ2v) is 10.1. The van der Waals surface area contributed by atoms with E-state index in [9.17, 15) is 13.2 Å². The van der Waals surface area contributed by atoms with E-state index < -0.39 is 10.0 Å². The normalized spacial score (nSPS) is 13.5. The van der Waals surface area contributed by atoms with Crippen molar-refractivity contribution >= 4 is 27.3 Å². The summed E-state index contributed by atoms with van der Waals surface area (Å²) in [6, 6.07) is 22.0. The molecule has 0 fully saturated rings. The van der Waals surface area contributed by atoms with Crippen LogP contribution in [-0.4, -0.2) is 29.1 Å². The molecule has 0 saturated heterocycles. The number of benzene rings is 3. The minimum atomic E-state index is -3.75. The zero-order valence-electron chi connectivity index (χ0n) is 19.0. The van der Waals surface area contributed by atoms with Crippen molar-refractivity contribution in [2.24, 2.45) is 0 Å². The third-order valence-electron chi connectivity index (χ3n) is 5.94. The third kappa shape index (κ3) is 5.09. The van der Waals surface area contributed by atoms with Gasteiger partial charge in [-0.25, -0.2) is 8.42 Å². The van der Waals surface area contributed by atoms with E-state index in [-0.39, 0.29) is 10.8 Å². The lowest BCUT2D eigenvalue weighted by Gasteiger charge is -2.10. The Morgan fingerprint density at radius 1 is 0.829 bits per heavy atom. The van der Waals surface area contributed by atoms with Crippen molar-refractivity contribution in [1.82, 2.24) is 14.8 Å². The van der Waals surface area contributed by atoms with Crippen LogP contribution in [0.15, 0.2) is 83.8 Å². The Kier molecular flexibility index (Phi) is 6.33. The molecular weight excluding hydrogens is 462 g/mol. The van der Waals surface area contributed by atoms with E-state index in [0.717, 1.165) is 43.0 Å². The van der Waals surface area contributed by atoms with Crippen molar-refractivity contribution in [3.8, 4) is 11.4 Å². The number of sulfonamides is 1. The Labute approximate surface area is 204 Å². The van der Waals surface area contributed by atoms with Crippen LogP contribution in [0.2, 0.25) is 0 Å². The molecule has 35 heavy (non-hydrogen) atoms. The first-order valence-electron chi connectivity index (χ1n) is 11.5. The fourth-order valence-electron chi connectivity index (χ4n) is 4.14. The molecule has 2 heterocycles.